The summed E-state index contributed by atoms with van der Waals surface area (Å²) in [6.45, 7) is 1.73. The maximum Gasteiger partial charge on any atom is 0.292 e. The Balaban J connectivity index is 1.51. The average Bonchev–Trinajstić information content (AvgIpc) is 3.49. The highest BCUT2D eigenvalue weighted by molar-refractivity contribution is 8.00. The Hall–Kier alpha value is -3.20. The number of nitrogens with one attached hydrogen (secondary N) is 1. The van der Waals surface area contributed by atoms with Gasteiger partial charge in [-0.1, -0.05) is 42.1 Å². The number of rotatable bonds is 7. The number of hydrogen-bond acceptors (Lipinski definition) is 6. The third-order valence-electron chi connectivity index (χ3n) is 4.57. The molecule has 29 heavy (non-hydrogen) atoms. The number of para-hydroxylation sites is 3. The Morgan fingerprint density at radius 1 is 1.21 bits per heavy atom. The second kappa shape index (κ2) is 8.04. The Morgan fingerprint density at radius 2 is 1.90 bits per heavy atom. The van der Waals surface area contributed by atoms with Crippen LogP contribution in [-0.4, -0.2) is 30.8 Å². The van der Waals surface area contributed by atoms with Crippen molar-refractivity contribution in [3.05, 3.63) is 70.5 Å². The summed E-state index contributed by atoms with van der Waals surface area (Å²) in [4.78, 5) is 27.9. The van der Waals surface area contributed by atoms with Crippen LogP contribution in [0.5, 0.6) is 0 Å². The van der Waals surface area contributed by atoms with Crippen molar-refractivity contribution >= 4 is 29.0 Å². The van der Waals surface area contributed by atoms with E-state index in [0.717, 1.165) is 24.4 Å². The number of nitro groups is 1. The van der Waals surface area contributed by atoms with Gasteiger partial charge in [-0.3, -0.25) is 14.9 Å². The number of nitrogens with zero attached hydrogens (tertiary/aromatic N) is 4. The minimum atomic E-state index is -0.520. The molecule has 1 aromatic heterocycles. The van der Waals surface area contributed by atoms with Gasteiger partial charge in [-0.05, 0) is 38.0 Å². The van der Waals surface area contributed by atoms with Gasteiger partial charge in [0.2, 0.25) is 11.1 Å². The monoisotopic (exact) mass is 409 g/mol. The van der Waals surface area contributed by atoms with E-state index in [2.05, 4.69) is 15.4 Å². The molecule has 1 amide bonds. The van der Waals surface area contributed by atoms with E-state index in [9.17, 15) is 14.9 Å². The Labute approximate surface area is 171 Å². The molecule has 1 heterocycles. The zero-order valence-corrected chi connectivity index (χ0v) is 16.5. The van der Waals surface area contributed by atoms with E-state index in [1.165, 1.54) is 23.9 Å². The normalized spacial score (nSPS) is 14.4. The predicted octanol–water partition coefficient (Wildman–Crippen LogP) is 4.17. The summed E-state index contributed by atoms with van der Waals surface area (Å²) < 4.78 is 1.84. The summed E-state index contributed by atoms with van der Waals surface area (Å²) in [6, 6.07) is 15.9. The first-order valence-corrected chi connectivity index (χ1v) is 10.1. The van der Waals surface area contributed by atoms with Crippen molar-refractivity contribution in [3.63, 3.8) is 0 Å². The number of benzene rings is 2. The molecule has 1 aliphatic rings. The molecule has 1 saturated carbocycles. The first-order chi connectivity index (χ1) is 14.0. The highest BCUT2D eigenvalue weighted by atomic mass is 32.2. The summed E-state index contributed by atoms with van der Waals surface area (Å²) >= 11 is 1.24. The molecule has 148 valence electrons. The first kappa shape index (κ1) is 19.1. The van der Waals surface area contributed by atoms with Gasteiger partial charge >= 0.3 is 0 Å². The fourth-order valence-electron chi connectivity index (χ4n) is 2.90. The molecule has 1 N–H and O–H groups in total. The molecule has 0 unspecified atom stereocenters. The smallest absolute Gasteiger partial charge is 0.292 e. The lowest BCUT2D eigenvalue weighted by Crippen LogP contribution is -2.23. The molecule has 9 heteroatoms. The number of carbonyl (C=O) groups excluding carboxylic acids is 1. The van der Waals surface area contributed by atoms with Crippen LogP contribution in [0.1, 0.15) is 31.5 Å². The van der Waals surface area contributed by atoms with E-state index in [-0.39, 0.29) is 17.3 Å². The number of amides is 1. The van der Waals surface area contributed by atoms with Crippen molar-refractivity contribution in [2.45, 2.75) is 36.1 Å². The van der Waals surface area contributed by atoms with Crippen LogP contribution in [0.25, 0.3) is 5.69 Å². The average molecular weight is 409 g/mol. The molecule has 0 spiro atoms. The summed E-state index contributed by atoms with van der Waals surface area (Å²) in [6.07, 6.45) is 2.17. The molecule has 3 aromatic rings. The lowest BCUT2D eigenvalue weighted by molar-refractivity contribution is -0.383. The van der Waals surface area contributed by atoms with Crippen LogP contribution in [0.4, 0.5) is 11.4 Å². The van der Waals surface area contributed by atoms with Crippen molar-refractivity contribution in [1.29, 1.82) is 0 Å². The number of nitro benzene ring substituents is 1. The van der Waals surface area contributed by atoms with Crippen LogP contribution in [0.2, 0.25) is 0 Å². The molecular formula is C20H19N5O3S. The largest absolute Gasteiger partial charge is 0.319 e. The molecule has 0 radical (unpaired) electrons. The van der Waals surface area contributed by atoms with Gasteiger partial charge in [-0.25, -0.2) is 9.67 Å². The number of aromatic nitrogens is 3. The van der Waals surface area contributed by atoms with Crippen LogP contribution >= 0.6 is 11.8 Å². The first-order valence-electron chi connectivity index (χ1n) is 9.26. The summed E-state index contributed by atoms with van der Waals surface area (Å²) in [5.41, 5.74) is 0.975. The molecule has 1 fully saturated rings. The van der Waals surface area contributed by atoms with Crippen LogP contribution in [0, 0.1) is 10.1 Å². The maximum absolute atomic E-state index is 12.6. The summed E-state index contributed by atoms with van der Waals surface area (Å²) in [7, 11) is 0. The van der Waals surface area contributed by atoms with Gasteiger partial charge in [0, 0.05) is 12.0 Å². The third-order valence-corrected chi connectivity index (χ3v) is 5.52. The molecule has 2 aromatic carbocycles. The fourth-order valence-corrected chi connectivity index (χ4v) is 3.66. The summed E-state index contributed by atoms with van der Waals surface area (Å²) in [5, 5.41) is 18.4. The van der Waals surface area contributed by atoms with Crippen LogP contribution in [0.15, 0.2) is 59.8 Å². The molecule has 8 nitrogen and oxygen atoms in total. The highest BCUT2D eigenvalue weighted by Gasteiger charge is 2.31. The van der Waals surface area contributed by atoms with Gasteiger partial charge in [0.1, 0.15) is 11.5 Å². The van der Waals surface area contributed by atoms with E-state index in [0.29, 0.717) is 11.1 Å². The van der Waals surface area contributed by atoms with E-state index >= 15 is 0 Å². The minimum absolute atomic E-state index is 0.138. The van der Waals surface area contributed by atoms with Gasteiger partial charge in [0.05, 0.1) is 15.9 Å². The number of carbonyl (C=O) groups is 1. The van der Waals surface area contributed by atoms with Crippen molar-refractivity contribution < 1.29 is 9.72 Å². The zero-order chi connectivity index (χ0) is 20.4. The second-order valence-corrected chi connectivity index (χ2v) is 8.11. The van der Waals surface area contributed by atoms with E-state index < -0.39 is 10.2 Å². The SMILES string of the molecule is C[C@@H](Sc1nc(C2CC2)n(-c2ccccc2)n1)C(=O)Nc1ccccc1[N+](=O)[O-]. The molecular weight excluding hydrogens is 390 g/mol. The second-order valence-electron chi connectivity index (χ2n) is 6.80. The van der Waals surface area contributed by atoms with E-state index in [1.54, 1.807) is 19.1 Å². The topological polar surface area (TPSA) is 103 Å². The van der Waals surface area contributed by atoms with Gasteiger partial charge in [-0.15, -0.1) is 5.10 Å². The predicted molar refractivity (Wildman–Crippen MR) is 110 cm³/mol. The molecule has 1 atom stereocenters. The van der Waals surface area contributed by atoms with Crippen molar-refractivity contribution in [2.24, 2.45) is 0 Å². The summed E-state index contributed by atoms with van der Waals surface area (Å²) in [5.74, 6) is 0.964. The van der Waals surface area contributed by atoms with Crippen molar-refractivity contribution in [3.8, 4) is 5.69 Å². The molecule has 0 saturated heterocycles. The quantitative estimate of drug-likeness (QED) is 0.357. The fraction of sp³-hybridized carbons (Fsp3) is 0.250. The van der Waals surface area contributed by atoms with Gasteiger partial charge < -0.3 is 5.32 Å². The van der Waals surface area contributed by atoms with Crippen molar-refractivity contribution in [2.75, 3.05) is 5.32 Å². The van der Waals surface area contributed by atoms with Crippen LogP contribution in [-0.2, 0) is 4.79 Å². The van der Waals surface area contributed by atoms with Gasteiger partial charge in [0.15, 0.2) is 0 Å². The number of anilines is 1. The van der Waals surface area contributed by atoms with Crippen LogP contribution < -0.4 is 5.32 Å². The molecule has 1 aliphatic carbocycles. The Kier molecular flexibility index (Phi) is 5.30. The molecule has 4 rings (SSSR count). The number of thioether (sulfide) groups is 1. The highest BCUT2D eigenvalue weighted by Crippen LogP contribution is 2.40. The lowest BCUT2D eigenvalue weighted by Gasteiger charge is -2.10. The Morgan fingerprint density at radius 3 is 2.59 bits per heavy atom. The number of hydrogen-bond donors (Lipinski definition) is 1. The lowest BCUT2D eigenvalue weighted by atomic mass is 10.2. The zero-order valence-electron chi connectivity index (χ0n) is 15.7. The van der Waals surface area contributed by atoms with Gasteiger partial charge in [0.25, 0.3) is 5.69 Å². The van der Waals surface area contributed by atoms with Gasteiger partial charge in [-0.2, -0.15) is 0 Å². The standard InChI is InChI=1S/C20H19N5O3S/c1-13(19(26)21-16-9-5-6-10-17(16)25(27)28)29-20-22-18(14-11-12-14)24(23-20)15-7-3-2-4-8-15/h2-10,13-14H,11-12H2,1H3,(H,21,26)/t13-/m1/s1. The molecule has 0 aliphatic heterocycles. The Bertz CT molecular complexity index is 1050. The molecule has 0 bridgehead atoms. The van der Waals surface area contributed by atoms with Crippen molar-refractivity contribution in [1.82, 2.24) is 14.8 Å². The van der Waals surface area contributed by atoms with Crippen LogP contribution in [0.3, 0.4) is 0 Å². The third kappa shape index (κ3) is 4.29. The van der Waals surface area contributed by atoms with E-state index in [4.69, 9.17) is 0 Å². The van der Waals surface area contributed by atoms with E-state index in [1.807, 2.05) is 35.0 Å². The maximum atomic E-state index is 12.6. The minimum Gasteiger partial charge on any atom is -0.319 e.